The molecular formula is C8H16N3O. The Morgan fingerprint density at radius 3 is 2.92 bits per heavy atom. The quantitative estimate of drug-likeness (QED) is 0.551. The second-order valence-electron chi connectivity index (χ2n) is 3.20. The number of hydrogen-bond donors (Lipinski definition) is 1. The monoisotopic (exact) mass is 170 g/mol. The van der Waals surface area contributed by atoms with Crippen LogP contribution in [0.15, 0.2) is 0 Å². The number of carbonyl (C=O) groups is 1. The van der Waals surface area contributed by atoms with Gasteiger partial charge in [-0.2, -0.15) is 0 Å². The van der Waals surface area contributed by atoms with Crippen LogP contribution in [0.3, 0.4) is 0 Å². The van der Waals surface area contributed by atoms with Gasteiger partial charge in [-0.25, -0.2) is 5.32 Å². The minimum Gasteiger partial charge on any atom is -0.347 e. The lowest BCUT2D eigenvalue weighted by Gasteiger charge is -2.18. The third-order valence-corrected chi connectivity index (χ3v) is 1.98. The molecule has 1 heterocycles. The van der Waals surface area contributed by atoms with E-state index in [9.17, 15) is 4.79 Å². The van der Waals surface area contributed by atoms with E-state index in [2.05, 4.69) is 10.6 Å². The van der Waals surface area contributed by atoms with Gasteiger partial charge in [0.2, 0.25) is 5.91 Å². The highest BCUT2D eigenvalue weighted by molar-refractivity contribution is 5.81. The normalized spacial score (nSPS) is 24.7. The van der Waals surface area contributed by atoms with Gasteiger partial charge in [0.15, 0.2) is 0 Å². The third-order valence-electron chi connectivity index (χ3n) is 1.98. The Hall–Kier alpha value is -0.610. The van der Waals surface area contributed by atoms with Gasteiger partial charge in [0, 0.05) is 33.7 Å². The zero-order valence-corrected chi connectivity index (χ0v) is 7.71. The SMILES string of the molecule is CN(C)C(=O)C1CC[N]CCN1. The summed E-state index contributed by atoms with van der Waals surface area (Å²) in [5, 5.41) is 7.41. The molecule has 0 aromatic carbocycles. The van der Waals surface area contributed by atoms with Crippen LogP contribution in [0, 0.1) is 0 Å². The van der Waals surface area contributed by atoms with Crippen molar-refractivity contribution in [2.45, 2.75) is 12.5 Å². The lowest BCUT2D eigenvalue weighted by atomic mass is 10.2. The number of amides is 1. The second kappa shape index (κ2) is 4.42. The fourth-order valence-electron chi connectivity index (χ4n) is 1.27. The summed E-state index contributed by atoms with van der Waals surface area (Å²) in [7, 11) is 3.57. The minimum atomic E-state index is -0.0220. The standard InChI is InChI=1S/C8H16N3O/c1-11(2)8(12)7-3-4-9-5-6-10-7/h7,10H,3-6H2,1-2H3. The van der Waals surface area contributed by atoms with Crippen LogP contribution in [0.1, 0.15) is 6.42 Å². The van der Waals surface area contributed by atoms with Gasteiger partial charge in [-0.15, -0.1) is 0 Å². The van der Waals surface area contributed by atoms with E-state index in [1.165, 1.54) is 0 Å². The number of hydrogen-bond acceptors (Lipinski definition) is 2. The number of carbonyl (C=O) groups excluding carboxylic acids is 1. The average Bonchev–Trinajstić information content (AvgIpc) is 2.30. The highest BCUT2D eigenvalue weighted by atomic mass is 16.2. The number of rotatable bonds is 1. The molecule has 12 heavy (non-hydrogen) atoms. The Labute approximate surface area is 73.3 Å². The van der Waals surface area contributed by atoms with Gasteiger partial charge in [0.25, 0.3) is 0 Å². The Balaban J connectivity index is 2.43. The van der Waals surface area contributed by atoms with Crippen molar-refractivity contribution >= 4 is 5.91 Å². The molecule has 1 atom stereocenters. The molecule has 0 aromatic rings. The predicted molar refractivity (Wildman–Crippen MR) is 47.0 cm³/mol. The van der Waals surface area contributed by atoms with E-state index >= 15 is 0 Å². The van der Waals surface area contributed by atoms with Crippen LogP contribution in [0.2, 0.25) is 0 Å². The Kier molecular flexibility index (Phi) is 3.49. The van der Waals surface area contributed by atoms with E-state index in [4.69, 9.17) is 0 Å². The highest BCUT2D eigenvalue weighted by Gasteiger charge is 2.20. The van der Waals surface area contributed by atoms with Gasteiger partial charge in [0.1, 0.15) is 0 Å². The van der Waals surface area contributed by atoms with Crippen LogP contribution in [0.5, 0.6) is 0 Å². The van der Waals surface area contributed by atoms with Crippen LogP contribution in [0.25, 0.3) is 0 Å². The highest BCUT2D eigenvalue weighted by Crippen LogP contribution is 1.97. The lowest BCUT2D eigenvalue weighted by Crippen LogP contribution is -2.43. The van der Waals surface area contributed by atoms with Gasteiger partial charge >= 0.3 is 0 Å². The minimum absolute atomic E-state index is 0.0220. The molecule has 1 aliphatic heterocycles. The van der Waals surface area contributed by atoms with Crippen molar-refractivity contribution in [2.24, 2.45) is 0 Å². The Bertz CT molecular complexity index is 150. The first kappa shape index (κ1) is 9.48. The molecule has 1 radical (unpaired) electrons. The molecule has 4 nitrogen and oxygen atoms in total. The Morgan fingerprint density at radius 1 is 1.50 bits per heavy atom. The fraction of sp³-hybridized carbons (Fsp3) is 0.875. The van der Waals surface area contributed by atoms with Crippen molar-refractivity contribution in [1.29, 1.82) is 0 Å². The van der Waals surface area contributed by atoms with E-state index in [-0.39, 0.29) is 11.9 Å². The molecular weight excluding hydrogens is 154 g/mol. The molecule has 69 valence electrons. The molecule has 0 bridgehead atoms. The van der Waals surface area contributed by atoms with E-state index in [0.717, 1.165) is 26.1 Å². The first-order valence-electron chi connectivity index (χ1n) is 4.29. The molecule has 1 saturated heterocycles. The van der Waals surface area contributed by atoms with Crippen molar-refractivity contribution < 1.29 is 4.79 Å². The van der Waals surface area contributed by atoms with E-state index in [1.54, 1.807) is 19.0 Å². The van der Waals surface area contributed by atoms with E-state index < -0.39 is 0 Å². The van der Waals surface area contributed by atoms with Crippen molar-refractivity contribution in [3.05, 3.63) is 0 Å². The summed E-state index contributed by atoms with van der Waals surface area (Å²) in [6.07, 6.45) is 0.830. The van der Waals surface area contributed by atoms with Gasteiger partial charge in [-0.1, -0.05) is 0 Å². The lowest BCUT2D eigenvalue weighted by molar-refractivity contribution is -0.130. The number of nitrogens with zero attached hydrogens (tertiary/aromatic N) is 2. The zero-order chi connectivity index (χ0) is 8.97. The molecule has 1 unspecified atom stereocenters. The van der Waals surface area contributed by atoms with Crippen LogP contribution < -0.4 is 10.6 Å². The van der Waals surface area contributed by atoms with Gasteiger partial charge in [-0.3, -0.25) is 4.79 Å². The summed E-state index contributed by atoms with van der Waals surface area (Å²) >= 11 is 0. The van der Waals surface area contributed by atoms with Crippen molar-refractivity contribution in [3.63, 3.8) is 0 Å². The van der Waals surface area contributed by atoms with Gasteiger partial charge < -0.3 is 10.2 Å². The molecule has 0 saturated carbocycles. The van der Waals surface area contributed by atoms with Crippen molar-refractivity contribution in [1.82, 2.24) is 15.5 Å². The molecule has 0 spiro atoms. The van der Waals surface area contributed by atoms with Crippen LogP contribution in [0.4, 0.5) is 0 Å². The zero-order valence-electron chi connectivity index (χ0n) is 7.71. The second-order valence-corrected chi connectivity index (χ2v) is 3.20. The number of likely N-dealkylation sites (N-methyl/N-ethyl adjacent to an activating group) is 1. The summed E-state index contributed by atoms with van der Waals surface area (Å²) in [6.45, 7) is 2.46. The maximum absolute atomic E-state index is 11.5. The predicted octanol–water partition coefficient (Wildman–Crippen LogP) is -0.959. The van der Waals surface area contributed by atoms with Crippen molar-refractivity contribution in [3.8, 4) is 0 Å². The summed E-state index contributed by atoms with van der Waals surface area (Å²) < 4.78 is 0. The van der Waals surface area contributed by atoms with E-state index in [0.29, 0.717) is 0 Å². The molecule has 4 heteroatoms. The summed E-state index contributed by atoms with van der Waals surface area (Å²) in [5.74, 6) is 0.159. The molecule has 1 fully saturated rings. The molecule has 1 amide bonds. The van der Waals surface area contributed by atoms with E-state index in [1.807, 2.05) is 0 Å². The van der Waals surface area contributed by atoms with Crippen LogP contribution in [-0.2, 0) is 4.79 Å². The smallest absolute Gasteiger partial charge is 0.239 e. The molecule has 1 N–H and O–H groups in total. The molecule has 1 aliphatic rings. The molecule has 1 rings (SSSR count). The first-order chi connectivity index (χ1) is 5.72. The molecule has 0 aromatic heterocycles. The third kappa shape index (κ3) is 2.46. The summed E-state index contributed by atoms with van der Waals surface area (Å²) in [5.41, 5.74) is 0. The van der Waals surface area contributed by atoms with Gasteiger partial charge in [0.05, 0.1) is 6.04 Å². The average molecular weight is 170 g/mol. The first-order valence-corrected chi connectivity index (χ1v) is 4.29. The van der Waals surface area contributed by atoms with Crippen LogP contribution >= 0.6 is 0 Å². The topological polar surface area (TPSA) is 46.4 Å². The maximum Gasteiger partial charge on any atom is 0.239 e. The van der Waals surface area contributed by atoms with Crippen LogP contribution in [-0.4, -0.2) is 50.6 Å². The fourth-order valence-corrected chi connectivity index (χ4v) is 1.27. The summed E-state index contributed by atoms with van der Waals surface area (Å²) in [4.78, 5) is 13.1. The Morgan fingerprint density at radius 2 is 2.25 bits per heavy atom. The van der Waals surface area contributed by atoms with Gasteiger partial charge in [-0.05, 0) is 6.42 Å². The number of nitrogens with one attached hydrogen (secondary N) is 1. The molecule has 0 aliphatic carbocycles. The summed E-state index contributed by atoms with van der Waals surface area (Å²) in [6, 6.07) is -0.0220. The maximum atomic E-state index is 11.5. The largest absolute Gasteiger partial charge is 0.347 e. The van der Waals surface area contributed by atoms with Crippen molar-refractivity contribution in [2.75, 3.05) is 33.7 Å².